The van der Waals surface area contributed by atoms with Gasteiger partial charge in [0.25, 0.3) is 0 Å². The summed E-state index contributed by atoms with van der Waals surface area (Å²) in [5.74, 6) is 0.481. The van der Waals surface area contributed by atoms with Crippen LogP contribution in [0.1, 0.15) is 18.9 Å². The Bertz CT molecular complexity index is 518. The van der Waals surface area contributed by atoms with Crippen molar-refractivity contribution >= 4 is 11.8 Å². The van der Waals surface area contributed by atoms with E-state index < -0.39 is 0 Å². The minimum atomic E-state index is -0.170. The third-order valence-corrected chi connectivity index (χ3v) is 3.48. The van der Waals surface area contributed by atoms with E-state index in [0.717, 1.165) is 24.3 Å². The van der Waals surface area contributed by atoms with Gasteiger partial charge in [-0.2, -0.15) is 0 Å². The molecule has 0 fully saturated rings. The number of rotatable bonds is 9. The quantitative estimate of drug-likeness (QED) is 0.740. The Kier molecular flexibility index (Phi) is 8.11. The smallest absolute Gasteiger partial charge is 0.239 e. The molecule has 1 aromatic carbocycles. The maximum absolute atomic E-state index is 12.1. The monoisotopic (exact) mass is 321 g/mol. The summed E-state index contributed by atoms with van der Waals surface area (Å²) in [5.41, 5.74) is 0.908. The van der Waals surface area contributed by atoms with E-state index in [1.165, 1.54) is 6.92 Å². The molecule has 1 N–H and O–H groups in total. The van der Waals surface area contributed by atoms with Gasteiger partial charge in [0.1, 0.15) is 5.75 Å². The van der Waals surface area contributed by atoms with E-state index in [1.807, 2.05) is 38.4 Å². The Morgan fingerprint density at radius 1 is 1.17 bits per heavy atom. The van der Waals surface area contributed by atoms with Crippen molar-refractivity contribution < 1.29 is 14.3 Å². The van der Waals surface area contributed by atoms with Gasteiger partial charge in [-0.3, -0.25) is 9.59 Å². The molecular weight excluding hydrogens is 294 g/mol. The standard InChI is InChI=1S/C17H27N3O3/c1-14(21)20(11-7-10-19(2)3)13-17(22)18-12-15-8-5-6-9-16(15)23-4/h5-6,8-9H,7,10-13H2,1-4H3,(H,18,22). The molecule has 0 aliphatic heterocycles. The summed E-state index contributed by atoms with van der Waals surface area (Å²) in [4.78, 5) is 27.3. The van der Waals surface area contributed by atoms with Crippen LogP contribution in [0.5, 0.6) is 5.75 Å². The lowest BCUT2D eigenvalue weighted by Gasteiger charge is -2.21. The molecule has 0 saturated carbocycles. The van der Waals surface area contributed by atoms with Gasteiger partial charge in [-0.25, -0.2) is 0 Å². The first-order valence-electron chi connectivity index (χ1n) is 7.73. The van der Waals surface area contributed by atoms with Crippen molar-refractivity contribution in [3.63, 3.8) is 0 Å². The number of hydrogen-bond donors (Lipinski definition) is 1. The fraction of sp³-hybridized carbons (Fsp3) is 0.529. The number of benzene rings is 1. The van der Waals surface area contributed by atoms with Crippen molar-refractivity contribution in [1.29, 1.82) is 0 Å². The van der Waals surface area contributed by atoms with E-state index >= 15 is 0 Å². The molecule has 0 aliphatic rings. The Hall–Kier alpha value is -2.08. The van der Waals surface area contributed by atoms with Crippen LogP contribution >= 0.6 is 0 Å². The Morgan fingerprint density at radius 2 is 1.87 bits per heavy atom. The van der Waals surface area contributed by atoms with Crippen molar-refractivity contribution in [2.45, 2.75) is 19.9 Å². The van der Waals surface area contributed by atoms with Gasteiger partial charge in [0.2, 0.25) is 11.8 Å². The van der Waals surface area contributed by atoms with Gasteiger partial charge in [-0.05, 0) is 33.1 Å². The number of carbonyl (C=O) groups excluding carboxylic acids is 2. The Labute approximate surface area is 138 Å². The number of nitrogens with zero attached hydrogens (tertiary/aromatic N) is 2. The molecule has 0 heterocycles. The maximum Gasteiger partial charge on any atom is 0.239 e. The molecule has 6 nitrogen and oxygen atoms in total. The highest BCUT2D eigenvalue weighted by Crippen LogP contribution is 2.16. The van der Waals surface area contributed by atoms with Gasteiger partial charge in [0, 0.05) is 25.6 Å². The largest absolute Gasteiger partial charge is 0.496 e. The van der Waals surface area contributed by atoms with Crippen LogP contribution in [-0.4, -0.2) is 62.5 Å². The second-order valence-corrected chi connectivity index (χ2v) is 5.69. The molecule has 23 heavy (non-hydrogen) atoms. The summed E-state index contributed by atoms with van der Waals surface area (Å²) in [7, 11) is 5.57. The highest BCUT2D eigenvalue weighted by molar-refractivity contribution is 5.83. The first kappa shape index (κ1) is 19.0. The predicted molar refractivity (Wildman–Crippen MR) is 90.3 cm³/mol. The van der Waals surface area contributed by atoms with Crippen molar-refractivity contribution in [2.75, 3.05) is 40.8 Å². The summed E-state index contributed by atoms with van der Waals surface area (Å²) < 4.78 is 5.25. The summed E-state index contributed by atoms with van der Waals surface area (Å²) in [6.07, 6.45) is 0.840. The van der Waals surface area contributed by atoms with E-state index in [4.69, 9.17) is 4.74 Å². The van der Waals surface area contributed by atoms with Crippen molar-refractivity contribution in [2.24, 2.45) is 0 Å². The Morgan fingerprint density at radius 3 is 2.48 bits per heavy atom. The number of nitrogens with one attached hydrogen (secondary N) is 1. The van der Waals surface area contributed by atoms with Crippen LogP contribution in [0.25, 0.3) is 0 Å². The van der Waals surface area contributed by atoms with Crippen LogP contribution in [-0.2, 0) is 16.1 Å². The van der Waals surface area contributed by atoms with E-state index in [2.05, 4.69) is 10.2 Å². The van der Waals surface area contributed by atoms with Gasteiger partial charge in [0.15, 0.2) is 0 Å². The molecule has 6 heteroatoms. The van der Waals surface area contributed by atoms with Crippen molar-refractivity contribution in [1.82, 2.24) is 15.1 Å². The van der Waals surface area contributed by atoms with Gasteiger partial charge in [0.05, 0.1) is 13.7 Å². The molecule has 1 aromatic rings. The molecule has 2 amide bonds. The lowest BCUT2D eigenvalue weighted by atomic mass is 10.2. The number of carbonyl (C=O) groups is 2. The van der Waals surface area contributed by atoms with E-state index in [1.54, 1.807) is 12.0 Å². The highest BCUT2D eigenvalue weighted by atomic mass is 16.5. The van der Waals surface area contributed by atoms with Crippen molar-refractivity contribution in [3.8, 4) is 5.75 Å². The molecular formula is C17H27N3O3. The zero-order valence-corrected chi connectivity index (χ0v) is 14.5. The van der Waals surface area contributed by atoms with E-state index in [-0.39, 0.29) is 18.4 Å². The molecule has 0 aromatic heterocycles. The average Bonchev–Trinajstić information content (AvgIpc) is 2.51. The SMILES string of the molecule is COc1ccccc1CNC(=O)CN(CCCN(C)C)C(C)=O. The van der Waals surface area contributed by atoms with Crippen LogP contribution in [0, 0.1) is 0 Å². The molecule has 1 rings (SSSR count). The maximum atomic E-state index is 12.1. The van der Waals surface area contributed by atoms with Gasteiger partial charge < -0.3 is 19.9 Å². The normalized spacial score (nSPS) is 10.5. The molecule has 0 spiro atoms. The fourth-order valence-electron chi connectivity index (χ4n) is 2.20. The lowest BCUT2D eigenvalue weighted by molar-refractivity contribution is -0.134. The van der Waals surface area contributed by atoms with Crippen LogP contribution in [0.2, 0.25) is 0 Å². The number of para-hydroxylation sites is 1. The van der Waals surface area contributed by atoms with Gasteiger partial charge >= 0.3 is 0 Å². The van der Waals surface area contributed by atoms with Crippen LogP contribution in [0.15, 0.2) is 24.3 Å². The second-order valence-electron chi connectivity index (χ2n) is 5.69. The van der Waals surface area contributed by atoms with E-state index in [9.17, 15) is 9.59 Å². The molecule has 0 bridgehead atoms. The Balaban J connectivity index is 2.47. The number of hydrogen-bond acceptors (Lipinski definition) is 4. The lowest BCUT2D eigenvalue weighted by Crippen LogP contribution is -2.40. The van der Waals surface area contributed by atoms with Crippen molar-refractivity contribution in [3.05, 3.63) is 29.8 Å². The molecule has 0 unspecified atom stereocenters. The first-order valence-corrected chi connectivity index (χ1v) is 7.73. The molecule has 0 radical (unpaired) electrons. The molecule has 0 atom stereocenters. The zero-order chi connectivity index (χ0) is 17.2. The number of amides is 2. The topological polar surface area (TPSA) is 61.9 Å². The van der Waals surface area contributed by atoms with Gasteiger partial charge in [-0.1, -0.05) is 18.2 Å². The average molecular weight is 321 g/mol. The molecule has 0 aliphatic carbocycles. The number of methoxy groups -OCH3 is 1. The number of ether oxygens (including phenoxy) is 1. The summed E-state index contributed by atoms with van der Waals surface area (Å²) in [6.45, 7) is 3.41. The minimum Gasteiger partial charge on any atom is -0.496 e. The van der Waals surface area contributed by atoms with Crippen LogP contribution in [0.3, 0.4) is 0 Å². The predicted octanol–water partition coefficient (Wildman–Crippen LogP) is 1.11. The highest BCUT2D eigenvalue weighted by Gasteiger charge is 2.13. The van der Waals surface area contributed by atoms with Gasteiger partial charge in [-0.15, -0.1) is 0 Å². The van der Waals surface area contributed by atoms with Crippen LogP contribution in [0.4, 0.5) is 0 Å². The van der Waals surface area contributed by atoms with E-state index in [0.29, 0.717) is 13.1 Å². The third-order valence-electron chi connectivity index (χ3n) is 3.48. The summed E-state index contributed by atoms with van der Waals surface area (Å²) in [6, 6.07) is 7.53. The third kappa shape index (κ3) is 7.15. The minimum absolute atomic E-state index is 0.0813. The zero-order valence-electron chi connectivity index (χ0n) is 14.5. The first-order chi connectivity index (χ1) is 10.9. The molecule has 128 valence electrons. The molecule has 0 saturated heterocycles. The second kappa shape index (κ2) is 9.84. The fourth-order valence-corrected chi connectivity index (χ4v) is 2.20. The summed E-state index contributed by atoms with van der Waals surface area (Å²) >= 11 is 0. The van der Waals surface area contributed by atoms with Crippen LogP contribution < -0.4 is 10.1 Å². The summed E-state index contributed by atoms with van der Waals surface area (Å²) in [5, 5.41) is 2.83.